The van der Waals surface area contributed by atoms with Gasteiger partial charge in [0.15, 0.2) is 0 Å². The van der Waals surface area contributed by atoms with E-state index < -0.39 is 5.97 Å². The van der Waals surface area contributed by atoms with E-state index in [2.05, 4.69) is 15.4 Å². The highest BCUT2D eigenvalue weighted by atomic mass is 16.5. The first-order valence-corrected chi connectivity index (χ1v) is 6.61. The van der Waals surface area contributed by atoms with Gasteiger partial charge in [0, 0.05) is 19.0 Å². The average molecular weight is 277 g/mol. The molecule has 6 nitrogen and oxygen atoms in total. The van der Waals surface area contributed by atoms with Gasteiger partial charge in [-0.3, -0.25) is 4.79 Å². The summed E-state index contributed by atoms with van der Waals surface area (Å²) < 4.78 is 4.62. The summed E-state index contributed by atoms with van der Waals surface area (Å²) in [6.45, 7) is 1.13. The Balaban J connectivity index is 1.80. The summed E-state index contributed by atoms with van der Waals surface area (Å²) in [6, 6.07) is 4.94. The van der Waals surface area contributed by atoms with Crippen LogP contribution in [0.5, 0.6) is 0 Å². The Labute approximate surface area is 117 Å². The van der Waals surface area contributed by atoms with E-state index >= 15 is 0 Å². The van der Waals surface area contributed by atoms with E-state index in [-0.39, 0.29) is 11.8 Å². The Morgan fingerprint density at radius 3 is 2.70 bits per heavy atom. The van der Waals surface area contributed by atoms with Gasteiger partial charge in [0.25, 0.3) is 0 Å². The Kier molecular flexibility index (Phi) is 4.45. The van der Waals surface area contributed by atoms with E-state index in [4.69, 9.17) is 5.73 Å². The van der Waals surface area contributed by atoms with Crippen LogP contribution in [0.4, 0.5) is 11.4 Å². The van der Waals surface area contributed by atoms with Gasteiger partial charge in [-0.1, -0.05) is 0 Å². The molecular formula is C14H19N3O3. The van der Waals surface area contributed by atoms with E-state index in [1.54, 1.807) is 18.2 Å². The van der Waals surface area contributed by atoms with Crippen molar-refractivity contribution < 1.29 is 14.3 Å². The lowest BCUT2D eigenvalue weighted by Crippen LogP contribution is -2.29. The van der Waals surface area contributed by atoms with Crippen LogP contribution in [0.15, 0.2) is 18.2 Å². The number of nitrogens with two attached hydrogens (primary N) is 1. The smallest absolute Gasteiger partial charge is 0.337 e. The van der Waals surface area contributed by atoms with Gasteiger partial charge in [-0.25, -0.2) is 4.79 Å². The van der Waals surface area contributed by atoms with Crippen molar-refractivity contribution in [1.29, 1.82) is 0 Å². The standard InChI is InChI=1S/C14H19N3O3/c1-20-14(19)10-4-5-12(11(15)8-10)16-6-7-17-13(18)9-2-3-9/h4-5,8-9,16H,2-3,6-7,15H2,1H3,(H,17,18). The molecule has 0 atom stereocenters. The van der Waals surface area contributed by atoms with Crippen LogP contribution < -0.4 is 16.4 Å². The van der Waals surface area contributed by atoms with Crippen LogP contribution in [-0.4, -0.2) is 32.1 Å². The molecule has 0 bridgehead atoms. The lowest BCUT2D eigenvalue weighted by Gasteiger charge is -2.11. The molecular weight excluding hydrogens is 258 g/mol. The van der Waals surface area contributed by atoms with Gasteiger partial charge in [0.1, 0.15) is 0 Å². The molecule has 4 N–H and O–H groups in total. The number of ether oxygens (including phenoxy) is 1. The third-order valence-electron chi connectivity index (χ3n) is 3.16. The molecule has 1 fully saturated rings. The number of benzene rings is 1. The van der Waals surface area contributed by atoms with Gasteiger partial charge in [0.2, 0.25) is 5.91 Å². The molecule has 0 spiro atoms. The highest BCUT2D eigenvalue weighted by Crippen LogP contribution is 2.28. The Bertz CT molecular complexity index is 512. The van der Waals surface area contributed by atoms with E-state index in [9.17, 15) is 9.59 Å². The number of carbonyl (C=O) groups excluding carboxylic acids is 2. The Morgan fingerprint density at radius 1 is 1.35 bits per heavy atom. The van der Waals surface area contributed by atoms with E-state index in [1.165, 1.54) is 7.11 Å². The SMILES string of the molecule is COC(=O)c1ccc(NCCNC(=O)C2CC2)c(N)c1. The zero-order valence-electron chi connectivity index (χ0n) is 11.4. The first kappa shape index (κ1) is 14.2. The number of hydrogen-bond donors (Lipinski definition) is 3. The van der Waals surface area contributed by atoms with Gasteiger partial charge < -0.3 is 21.1 Å². The molecule has 1 amide bonds. The van der Waals surface area contributed by atoms with Gasteiger partial charge in [-0.15, -0.1) is 0 Å². The van der Waals surface area contributed by atoms with Crippen molar-refractivity contribution in [2.75, 3.05) is 31.2 Å². The van der Waals surface area contributed by atoms with Gasteiger partial charge in [-0.2, -0.15) is 0 Å². The van der Waals surface area contributed by atoms with Crippen LogP contribution in [0.1, 0.15) is 23.2 Å². The van der Waals surface area contributed by atoms with Gasteiger partial charge in [0.05, 0.1) is 24.0 Å². The largest absolute Gasteiger partial charge is 0.465 e. The third kappa shape index (κ3) is 3.63. The fourth-order valence-corrected chi connectivity index (χ4v) is 1.84. The molecule has 0 saturated heterocycles. The van der Waals surface area contributed by atoms with Crippen LogP contribution in [0, 0.1) is 5.92 Å². The third-order valence-corrected chi connectivity index (χ3v) is 3.16. The molecule has 2 rings (SSSR count). The van der Waals surface area contributed by atoms with Crippen molar-refractivity contribution in [2.24, 2.45) is 5.92 Å². The predicted octanol–water partition coefficient (Wildman–Crippen LogP) is 0.993. The second-order valence-corrected chi connectivity index (χ2v) is 4.79. The summed E-state index contributed by atoms with van der Waals surface area (Å²) in [5.74, 6) is -0.0693. The number of methoxy groups -OCH3 is 1. The van der Waals surface area contributed by atoms with E-state index in [1.807, 2.05) is 0 Å². The average Bonchev–Trinajstić information content (AvgIpc) is 3.28. The first-order valence-electron chi connectivity index (χ1n) is 6.61. The predicted molar refractivity (Wildman–Crippen MR) is 76.4 cm³/mol. The molecule has 0 radical (unpaired) electrons. The van der Waals surface area contributed by atoms with Crippen molar-refractivity contribution in [1.82, 2.24) is 5.32 Å². The van der Waals surface area contributed by atoms with Crippen molar-refractivity contribution in [3.05, 3.63) is 23.8 Å². The summed E-state index contributed by atoms with van der Waals surface area (Å²) in [5, 5.41) is 5.98. The molecule has 0 heterocycles. The minimum absolute atomic E-state index is 0.126. The van der Waals surface area contributed by atoms with Crippen LogP contribution in [0.2, 0.25) is 0 Å². The van der Waals surface area contributed by atoms with Crippen LogP contribution in [0.25, 0.3) is 0 Å². The molecule has 0 aromatic heterocycles. The second kappa shape index (κ2) is 6.27. The van der Waals surface area contributed by atoms with Crippen LogP contribution in [-0.2, 0) is 9.53 Å². The molecule has 1 aliphatic carbocycles. The molecule has 0 aliphatic heterocycles. The minimum atomic E-state index is -0.417. The molecule has 1 saturated carbocycles. The van der Waals surface area contributed by atoms with Crippen molar-refractivity contribution >= 4 is 23.3 Å². The fourth-order valence-electron chi connectivity index (χ4n) is 1.84. The van der Waals surface area contributed by atoms with Gasteiger partial charge >= 0.3 is 5.97 Å². The van der Waals surface area contributed by atoms with Crippen LogP contribution >= 0.6 is 0 Å². The lowest BCUT2D eigenvalue weighted by atomic mass is 10.1. The quantitative estimate of drug-likeness (QED) is 0.409. The second-order valence-electron chi connectivity index (χ2n) is 4.79. The monoisotopic (exact) mass is 277 g/mol. The molecule has 20 heavy (non-hydrogen) atoms. The topological polar surface area (TPSA) is 93.5 Å². The zero-order valence-corrected chi connectivity index (χ0v) is 11.4. The van der Waals surface area contributed by atoms with Gasteiger partial charge in [-0.05, 0) is 31.0 Å². The minimum Gasteiger partial charge on any atom is -0.465 e. The van der Waals surface area contributed by atoms with E-state index in [0.717, 1.165) is 18.5 Å². The Hall–Kier alpha value is -2.24. The number of amides is 1. The maximum Gasteiger partial charge on any atom is 0.337 e. The van der Waals surface area contributed by atoms with Crippen LogP contribution in [0.3, 0.4) is 0 Å². The number of nitrogen functional groups attached to an aromatic ring is 1. The summed E-state index contributed by atoms with van der Waals surface area (Å²) in [5.41, 5.74) is 7.48. The zero-order chi connectivity index (χ0) is 14.5. The molecule has 6 heteroatoms. The number of hydrogen-bond acceptors (Lipinski definition) is 5. The first-order chi connectivity index (χ1) is 9.61. The molecule has 1 aliphatic rings. The number of rotatable bonds is 6. The summed E-state index contributed by atoms with van der Waals surface area (Å²) in [6.07, 6.45) is 2.00. The summed E-state index contributed by atoms with van der Waals surface area (Å²) >= 11 is 0. The number of nitrogens with one attached hydrogen (secondary N) is 2. The number of esters is 1. The number of anilines is 2. The Morgan fingerprint density at radius 2 is 2.10 bits per heavy atom. The highest BCUT2D eigenvalue weighted by molar-refractivity contribution is 5.91. The lowest BCUT2D eigenvalue weighted by molar-refractivity contribution is -0.122. The van der Waals surface area contributed by atoms with Crippen molar-refractivity contribution in [3.63, 3.8) is 0 Å². The normalized spacial score (nSPS) is 13.7. The van der Waals surface area contributed by atoms with E-state index in [0.29, 0.717) is 24.3 Å². The fraction of sp³-hybridized carbons (Fsp3) is 0.429. The number of carbonyl (C=O) groups is 2. The summed E-state index contributed by atoms with van der Waals surface area (Å²) in [7, 11) is 1.33. The highest BCUT2D eigenvalue weighted by Gasteiger charge is 2.28. The molecule has 108 valence electrons. The summed E-state index contributed by atoms with van der Waals surface area (Å²) in [4.78, 5) is 22.8. The van der Waals surface area contributed by atoms with Crippen molar-refractivity contribution in [2.45, 2.75) is 12.8 Å². The maximum absolute atomic E-state index is 11.4. The van der Waals surface area contributed by atoms with Crippen molar-refractivity contribution in [3.8, 4) is 0 Å². The molecule has 1 aromatic rings. The molecule has 1 aromatic carbocycles. The maximum atomic E-state index is 11.4. The molecule has 0 unspecified atom stereocenters.